The lowest BCUT2D eigenvalue weighted by atomic mass is 10.0. The maximum Gasteiger partial charge on any atom is 0.201 e. The molecule has 0 saturated heterocycles. The lowest BCUT2D eigenvalue weighted by Gasteiger charge is -2.06. The summed E-state index contributed by atoms with van der Waals surface area (Å²) in [4.78, 5) is 4.37. The van der Waals surface area contributed by atoms with Gasteiger partial charge in [-0.05, 0) is 53.7 Å². The van der Waals surface area contributed by atoms with Crippen molar-refractivity contribution >= 4 is 21.9 Å². The molecule has 0 bridgehead atoms. The molecular weight excluding hydrogens is 290 g/mol. The van der Waals surface area contributed by atoms with Gasteiger partial charge in [0.25, 0.3) is 0 Å². The number of nitrogens with zero attached hydrogens (tertiary/aromatic N) is 2. The van der Waals surface area contributed by atoms with Crippen LogP contribution in [0.5, 0.6) is 0 Å². The molecule has 3 nitrogen and oxygen atoms in total. The summed E-state index contributed by atoms with van der Waals surface area (Å²) in [5, 5.41) is 0. The van der Waals surface area contributed by atoms with Gasteiger partial charge in [0, 0.05) is 7.05 Å². The molecule has 4 heteroatoms. The zero-order valence-corrected chi connectivity index (χ0v) is 12.6. The Bertz CT molecular complexity index is 573. The van der Waals surface area contributed by atoms with Gasteiger partial charge in [-0.2, -0.15) is 0 Å². The molecule has 0 aliphatic rings. The molecule has 0 aliphatic carbocycles. The van der Waals surface area contributed by atoms with Gasteiger partial charge < -0.3 is 10.3 Å². The van der Waals surface area contributed by atoms with Crippen molar-refractivity contribution in [2.45, 2.75) is 26.7 Å². The molecule has 2 N–H and O–H groups in total. The Kier molecular flexibility index (Phi) is 3.76. The van der Waals surface area contributed by atoms with Crippen LogP contribution < -0.4 is 5.73 Å². The van der Waals surface area contributed by atoms with E-state index < -0.39 is 0 Å². The van der Waals surface area contributed by atoms with Crippen molar-refractivity contribution in [2.75, 3.05) is 5.73 Å². The number of aryl methyl sites for hydroxylation is 4. The standard InChI is InChI=1S/C14H18BrN3/c1-9-4-5-11(10(2)8-9)6-7-12-13(15)18(3)14(16)17-12/h4-5,8H,6-7H2,1-3H3,(H2,16,17). The Morgan fingerprint density at radius 3 is 2.56 bits per heavy atom. The van der Waals surface area contributed by atoms with Crippen molar-refractivity contribution in [1.29, 1.82) is 0 Å². The maximum absolute atomic E-state index is 5.78. The molecule has 0 spiro atoms. The summed E-state index contributed by atoms with van der Waals surface area (Å²) in [5.41, 5.74) is 10.8. The Labute approximate surface area is 116 Å². The number of hydrogen-bond acceptors (Lipinski definition) is 2. The molecule has 0 radical (unpaired) electrons. The second kappa shape index (κ2) is 5.14. The van der Waals surface area contributed by atoms with E-state index in [2.05, 4.69) is 53.0 Å². The fraction of sp³-hybridized carbons (Fsp3) is 0.357. The molecule has 0 atom stereocenters. The van der Waals surface area contributed by atoms with Gasteiger partial charge in [0.1, 0.15) is 4.60 Å². The number of halogens is 1. The second-order valence-corrected chi connectivity index (χ2v) is 5.45. The predicted molar refractivity (Wildman–Crippen MR) is 78.6 cm³/mol. The fourth-order valence-corrected chi connectivity index (χ4v) is 2.56. The van der Waals surface area contributed by atoms with Gasteiger partial charge in [-0.15, -0.1) is 0 Å². The lowest BCUT2D eigenvalue weighted by molar-refractivity contribution is 0.881. The molecule has 2 rings (SSSR count). The van der Waals surface area contributed by atoms with Gasteiger partial charge in [-0.25, -0.2) is 4.98 Å². The van der Waals surface area contributed by atoms with Crippen LogP contribution >= 0.6 is 15.9 Å². The third-order valence-corrected chi connectivity index (χ3v) is 4.24. The highest BCUT2D eigenvalue weighted by atomic mass is 79.9. The van der Waals surface area contributed by atoms with Gasteiger partial charge in [0.15, 0.2) is 0 Å². The third-order valence-electron chi connectivity index (χ3n) is 3.26. The summed E-state index contributed by atoms with van der Waals surface area (Å²) >= 11 is 3.53. The normalized spacial score (nSPS) is 10.9. The van der Waals surface area contributed by atoms with Crippen molar-refractivity contribution in [3.8, 4) is 0 Å². The molecular formula is C14H18BrN3. The van der Waals surface area contributed by atoms with E-state index in [1.54, 1.807) is 0 Å². The SMILES string of the molecule is Cc1ccc(CCc2nc(N)n(C)c2Br)c(C)c1. The van der Waals surface area contributed by atoms with Crippen molar-refractivity contribution in [2.24, 2.45) is 7.05 Å². The van der Waals surface area contributed by atoms with Crippen LogP contribution in [-0.4, -0.2) is 9.55 Å². The Hall–Kier alpha value is -1.29. The number of imidazole rings is 1. The van der Waals surface area contributed by atoms with E-state index in [-0.39, 0.29) is 0 Å². The molecule has 2 aromatic rings. The first-order chi connectivity index (χ1) is 8.49. The van der Waals surface area contributed by atoms with Gasteiger partial charge in [0.2, 0.25) is 5.95 Å². The number of anilines is 1. The van der Waals surface area contributed by atoms with Crippen molar-refractivity contribution in [3.05, 3.63) is 45.2 Å². The number of hydrogen-bond donors (Lipinski definition) is 1. The Morgan fingerprint density at radius 2 is 2.00 bits per heavy atom. The molecule has 0 fully saturated rings. The van der Waals surface area contributed by atoms with Gasteiger partial charge in [0.05, 0.1) is 5.69 Å². The van der Waals surface area contributed by atoms with E-state index in [0.717, 1.165) is 23.1 Å². The number of nitrogens with two attached hydrogens (primary N) is 1. The molecule has 1 aromatic carbocycles. The third kappa shape index (κ3) is 2.58. The first-order valence-electron chi connectivity index (χ1n) is 6.01. The molecule has 18 heavy (non-hydrogen) atoms. The summed E-state index contributed by atoms with van der Waals surface area (Å²) < 4.78 is 2.84. The van der Waals surface area contributed by atoms with Gasteiger partial charge in [-0.1, -0.05) is 23.8 Å². The highest BCUT2D eigenvalue weighted by Crippen LogP contribution is 2.21. The van der Waals surface area contributed by atoms with E-state index >= 15 is 0 Å². The molecule has 0 unspecified atom stereocenters. The summed E-state index contributed by atoms with van der Waals surface area (Å²) in [5.74, 6) is 0.553. The van der Waals surface area contributed by atoms with Crippen LogP contribution in [0, 0.1) is 13.8 Å². The lowest BCUT2D eigenvalue weighted by Crippen LogP contribution is -1.96. The molecule has 0 saturated carbocycles. The Morgan fingerprint density at radius 1 is 1.28 bits per heavy atom. The monoisotopic (exact) mass is 307 g/mol. The molecule has 1 heterocycles. The number of rotatable bonds is 3. The summed E-state index contributed by atoms with van der Waals surface area (Å²) in [7, 11) is 1.91. The Balaban J connectivity index is 2.14. The zero-order chi connectivity index (χ0) is 13.3. The maximum atomic E-state index is 5.78. The topological polar surface area (TPSA) is 43.8 Å². The average Bonchev–Trinajstić information content (AvgIpc) is 2.56. The quantitative estimate of drug-likeness (QED) is 0.946. The van der Waals surface area contributed by atoms with Crippen LogP contribution in [0.15, 0.2) is 22.8 Å². The van der Waals surface area contributed by atoms with Crippen molar-refractivity contribution in [1.82, 2.24) is 9.55 Å². The second-order valence-electron chi connectivity index (χ2n) is 4.70. The van der Waals surface area contributed by atoms with Crippen LogP contribution in [0.1, 0.15) is 22.4 Å². The molecule has 96 valence electrons. The van der Waals surface area contributed by atoms with Crippen LogP contribution in [-0.2, 0) is 19.9 Å². The van der Waals surface area contributed by atoms with E-state index in [4.69, 9.17) is 5.73 Å². The van der Waals surface area contributed by atoms with Crippen molar-refractivity contribution in [3.63, 3.8) is 0 Å². The van der Waals surface area contributed by atoms with Crippen LogP contribution in [0.2, 0.25) is 0 Å². The summed E-state index contributed by atoms with van der Waals surface area (Å²) in [6.07, 6.45) is 1.89. The van der Waals surface area contributed by atoms with Gasteiger partial charge in [-0.3, -0.25) is 0 Å². The number of benzene rings is 1. The smallest absolute Gasteiger partial charge is 0.201 e. The van der Waals surface area contributed by atoms with E-state index in [1.807, 2.05) is 11.6 Å². The summed E-state index contributed by atoms with van der Waals surface area (Å²) in [6.45, 7) is 4.27. The van der Waals surface area contributed by atoms with Crippen LogP contribution in [0.25, 0.3) is 0 Å². The first-order valence-corrected chi connectivity index (χ1v) is 6.81. The molecule has 0 aliphatic heterocycles. The number of aromatic nitrogens is 2. The highest BCUT2D eigenvalue weighted by Gasteiger charge is 2.10. The number of nitrogen functional groups attached to an aromatic ring is 1. The van der Waals surface area contributed by atoms with E-state index in [9.17, 15) is 0 Å². The van der Waals surface area contributed by atoms with Crippen LogP contribution in [0.4, 0.5) is 5.95 Å². The highest BCUT2D eigenvalue weighted by molar-refractivity contribution is 9.10. The zero-order valence-electron chi connectivity index (χ0n) is 11.0. The van der Waals surface area contributed by atoms with Crippen molar-refractivity contribution < 1.29 is 0 Å². The van der Waals surface area contributed by atoms with E-state index in [0.29, 0.717) is 5.95 Å². The average molecular weight is 308 g/mol. The first kappa shape index (κ1) is 13.1. The van der Waals surface area contributed by atoms with Crippen LogP contribution in [0.3, 0.4) is 0 Å². The van der Waals surface area contributed by atoms with E-state index in [1.165, 1.54) is 16.7 Å². The molecule has 1 aromatic heterocycles. The largest absolute Gasteiger partial charge is 0.369 e. The minimum absolute atomic E-state index is 0.553. The minimum atomic E-state index is 0.553. The predicted octanol–water partition coefficient (Wildman–Crippen LogP) is 3.17. The minimum Gasteiger partial charge on any atom is -0.369 e. The van der Waals surface area contributed by atoms with Gasteiger partial charge >= 0.3 is 0 Å². The molecule has 0 amide bonds. The fourth-order valence-electron chi connectivity index (χ4n) is 2.09. The summed E-state index contributed by atoms with van der Waals surface area (Å²) in [6, 6.07) is 6.58.